The predicted octanol–water partition coefficient (Wildman–Crippen LogP) is 2.91. The molecule has 0 aliphatic heterocycles. The van der Waals surface area contributed by atoms with E-state index in [1.807, 2.05) is 0 Å². The van der Waals surface area contributed by atoms with Gasteiger partial charge in [0.15, 0.2) is 0 Å². The fourth-order valence-electron chi connectivity index (χ4n) is 1.90. The lowest BCUT2D eigenvalue weighted by molar-refractivity contribution is -0.137. The first-order chi connectivity index (χ1) is 6.97. The van der Waals surface area contributed by atoms with Gasteiger partial charge in [0, 0.05) is 6.04 Å². The molecule has 1 aliphatic rings. The van der Waals surface area contributed by atoms with Crippen LogP contribution < -0.4 is 5.73 Å². The number of hydrogen-bond acceptors (Lipinski definition) is 1. The van der Waals surface area contributed by atoms with Crippen LogP contribution in [0.5, 0.6) is 0 Å². The molecule has 0 bridgehead atoms. The second-order valence-corrected chi connectivity index (χ2v) is 4.05. The van der Waals surface area contributed by atoms with Crippen LogP contribution in [0.15, 0.2) is 24.3 Å². The summed E-state index contributed by atoms with van der Waals surface area (Å²) in [6, 6.07) is 5.69. The van der Waals surface area contributed by atoms with Crippen molar-refractivity contribution in [2.24, 2.45) is 5.73 Å². The standard InChI is InChI=1S/C11H12F3N/c12-11(13,14)9-3-1-2-7(4-9)8-5-10(15)6-8/h1-4,8,10H,5-6,15H2. The lowest BCUT2D eigenvalue weighted by Crippen LogP contribution is -2.34. The predicted molar refractivity (Wildman–Crippen MR) is 51.4 cm³/mol. The molecule has 15 heavy (non-hydrogen) atoms. The van der Waals surface area contributed by atoms with Crippen LogP contribution in [0, 0.1) is 0 Å². The molecule has 1 aromatic rings. The first-order valence-corrected chi connectivity index (χ1v) is 4.89. The van der Waals surface area contributed by atoms with Gasteiger partial charge in [-0.05, 0) is 30.4 Å². The zero-order valence-corrected chi connectivity index (χ0v) is 8.09. The van der Waals surface area contributed by atoms with E-state index in [9.17, 15) is 13.2 Å². The Morgan fingerprint density at radius 2 is 1.87 bits per heavy atom. The monoisotopic (exact) mass is 215 g/mol. The molecule has 0 amide bonds. The minimum absolute atomic E-state index is 0.157. The molecule has 1 fully saturated rings. The van der Waals surface area contributed by atoms with Crippen LogP contribution in [0.2, 0.25) is 0 Å². The van der Waals surface area contributed by atoms with Crippen LogP contribution in [0.3, 0.4) is 0 Å². The number of halogens is 3. The topological polar surface area (TPSA) is 26.0 Å². The summed E-state index contributed by atoms with van der Waals surface area (Å²) < 4.78 is 37.2. The SMILES string of the molecule is NC1CC(c2cccc(C(F)(F)F)c2)C1. The largest absolute Gasteiger partial charge is 0.416 e. The second kappa shape index (κ2) is 3.52. The van der Waals surface area contributed by atoms with Crippen molar-refractivity contribution < 1.29 is 13.2 Å². The molecule has 0 aromatic heterocycles. The van der Waals surface area contributed by atoms with Crippen molar-refractivity contribution in [3.05, 3.63) is 35.4 Å². The molecule has 4 heteroatoms. The van der Waals surface area contributed by atoms with Crippen molar-refractivity contribution in [1.29, 1.82) is 0 Å². The van der Waals surface area contributed by atoms with Crippen molar-refractivity contribution in [3.63, 3.8) is 0 Å². The summed E-state index contributed by atoms with van der Waals surface area (Å²) in [4.78, 5) is 0. The van der Waals surface area contributed by atoms with Gasteiger partial charge in [-0.2, -0.15) is 13.2 Å². The molecule has 1 aliphatic carbocycles. The van der Waals surface area contributed by atoms with E-state index in [0.717, 1.165) is 24.5 Å². The first-order valence-electron chi connectivity index (χ1n) is 4.89. The van der Waals surface area contributed by atoms with Gasteiger partial charge in [0.05, 0.1) is 5.56 Å². The molecule has 82 valence electrons. The number of alkyl halides is 3. The Balaban J connectivity index is 2.20. The maximum atomic E-state index is 12.4. The molecule has 1 nitrogen and oxygen atoms in total. The average molecular weight is 215 g/mol. The highest BCUT2D eigenvalue weighted by Gasteiger charge is 2.33. The van der Waals surface area contributed by atoms with Gasteiger partial charge in [0.2, 0.25) is 0 Å². The molecular weight excluding hydrogens is 203 g/mol. The first kappa shape index (κ1) is 10.5. The molecule has 1 saturated carbocycles. The van der Waals surface area contributed by atoms with Gasteiger partial charge < -0.3 is 5.73 Å². The zero-order valence-electron chi connectivity index (χ0n) is 8.09. The van der Waals surface area contributed by atoms with E-state index in [1.54, 1.807) is 6.07 Å². The Morgan fingerprint density at radius 1 is 1.20 bits per heavy atom. The summed E-state index contributed by atoms with van der Waals surface area (Å²) >= 11 is 0. The minimum Gasteiger partial charge on any atom is -0.328 e. The fourth-order valence-corrected chi connectivity index (χ4v) is 1.90. The maximum absolute atomic E-state index is 12.4. The van der Waals surface area contributed by atoms with Gasteiger partial charge in [-0.1, -0.05) is 18.2 Å². The van der Waals surface area contributed by atoms with Gasteiger partial charge in [-0.15, -0.1) is 0 Å². The van der Waals surface area contributed by atoms with Crippen molar-refractivity contribution in [3.8, 4) is 0 Å². The minimum atomic E-state index is -4.25. The highest BCUT2D eigenvalue weighted by molar-refractivity contribution is 5.30. The highest BCUT2D eigenvalue weighted by Crippen LogP contribution is 2.38. The normalized spacial score (nSPS) is 26.1. The fraction of sp³-hybridized carbons (Fsp3) is 0.455. The van der Waals surface area contributed by atoms with Crippen LogP contribution in [0.25, 0.3) is 0 Å². The van der Waals surface area contributed by atoms with Crippen LogP contribution in [-0.2, 0) is 6.18 Å². The van der Waals surface area contributed by atoms with E-state index >= 15 is 0 Å². The molecular formula is C11H12F3N. The number of hydrogen-bond donors (Lipinski definition) is 1. The Kier molecular flexibility index (Phi) is 2.46. The van der Waals surface area contributed by atoms with Crippen molar-refractivity contribution >= 4 is 0 Å². The number of nitrogens with two attached hydrogens (primary N) is 1. The zero-order chi connectivity index (χ0) is 11.1. The van der Waals surface area contributed by atoms with Crippen molar-refractivity contribution in [2.75, 3.05) is 0 Å². The smallest absolute Gasteiger partial charge is 0.328 e. The molecule has 0 unspecified atom stereocenters. The van der Waals surface area contributed by atoms with Crippen LogP contribution in [0.1, 0.15) is 29.9 Å². The lowest BCUT2D eigenvalue weighted by atomic mass is 9.76. The molecule has 0 radical (unpaired) electrons. The van der Waals surface area contributed by atoms with Crippen LogP contribution in [-0.4, -0.2) is 6.04 Å². The third kappa shape index (κ3) is 2.15. The van der Waals surface area contributed by atoms with Crippen molar-refractivity contribution in [2.45, 2.75) is 31.0 Å². The lowest BCUT2D eigenvalue weighted by Gasteiger charge is -2.33. The number of benzene rings is 1. The molecule has 0 atom stereocenters. The van der Waals surface area contributed by atoms with E-state index in [-0.39, 0.29) is 12.0 Å². The Morgan fingerprint density at radius 3 is 2.40 bits per heavy atom. The molecule has 0 spiro atoms. The third-order valence-corrected chi connectivity index (χ3v) is 2.86. The van der Waals surface area contributed by atoms with E-state index in [0.29, 0.717) is 0 Å². The highest BCUT2D eigenvalue weighted by atomic mass is 19.4. The Hall–Kier alpha value is -1.03. The summed E-state index contributed by atoms with van der Waals surface area (Å²) in [5.41, 5.74) is 5.79. The summed E-state index contributed by atoms with van der Waals surface area (Å²) in [5.74, 6) is 0.210. The molecule has 0 heterocycles. The average Bonchev–Trinajstić information content (AvgIpc) is 2.12. The van der Waals surface area contributed by atoms with E-state index < -0.39 is 11.7 Å². The second-order valence-electron chi connectivity index (χ2n) is 4.05. The Labute approximate surface area is 86.1 Å². The Bertz CT molecular complexity index is 353. The van der Waals surface area contributed by atoms with Gasteiger partial charge in [0.25, 0.3) is 0 Å². The summed E-state index contributed by atoms with van der Waals surface area (Å²) in [7, 11) is 0. The summed E-state index contributed by atoms with van der Waals surface area (Å²) in [6.07, 6.45) is -2.66. The van der Waals surface area contributed by atoms with E-state index in [2.05, 4.69) is 0 Å². The van der Waals surface area contributed by atoms with Gasteiger partial charge in [-0.25, -0.2) is 0 Å². The van der Waals surface area contributed by atoms with Crippen molar-refractivity contribution in [1.82, 2.24) is 0 Å². The third-order valence-electron chi connectivity index (χ3n) is 2.86. The van der Waals surface area contributed by atoms with E-state index in [1.165, 1.54) is 12.1 Å². The van der Waals surface area contributed by atoms with Crippen LogP contribution in [0.4, 0.5) is 13.2 Å². The van der Waals surface area contributed by atoms with Gasteiger partial charge in [0.1, 0.15) is 0 Å². The van der Waals surface area contributed by atoms with Crippen LogP contribution >= 0.6 is 0 Å². The summed E-state index contributed by atoms with van der Waals surface area (Å²) in [6.45, 7) is 0. The maximum Gasteiger partial charge on any atom is 0.416 e. The molecule has 1 aromatic carbocycles. The van der Waals surface area contributed by atoms with E-state index in [4.69, 9.17) is 5.73 Å². The summed E-state index contributed by atoms with van der Waals surface area (Å²) in [5, 5.41) is 0. The number of rotatable bonds is 1. The molecule has 2 rings (SSSR count). The van der Waals surface area contributed by atoms with Gasteiger partial charge >= 0.3 is 6.18 Å². The van der Waals surface area contributed by atoms with Gasteiger partial charge in [-0.3, -0.25) is 0 Å². The molecule has 0 saturated heterocycles. The molecule has 2 N–H and O–H groups in total. The quantitative estimate of drug-likeness (QED) is 0.765.